The van der Waals surface area contributed by atoms with Gasteiger partial charge in [-0.2, -0.15) is 5.26 Å². The highest BCUT2D eigenvalue weighted by molar-refractivity contribution is 5.91. The number of esters is 1. The van der Waals surface area contributed by atoms with E-state index in [1.807, 2.05) is 31.4 Å². The maximum absolute atomic E-state index is 12.4. The summed E-state index contributed by atoms with van der Waals surface area (Å²) in [7, 11) is 0. The second-order valence-electron chi connectivity index (χ2n) is 5.80. The normalized spacial score (nSPS) is 10.5. The molecule has 1 aromatic carbocycles. The van der Waals surface area contributed by atoms with Crippen molar-refractivity contribution >= 4 is 5.97 Å². The Morgan fingerprint density at radius 2 is 1.96 bits per heavy atom. The summed E-state index contributed by atoms with van der Waals surface area (Å²) in [6.07, 6.45) is 0. The van der Waals surface area contributed by atoms with E-state index in [1.54, 1.807) is 30.3 Å². The number of hydrogen-bond acceptors (Lipinski definition) is 5. The molecule has 3 aromatic rings. The minimum atomic E-state index is -0.399. The van der Waals surface area contributed by atoms with Crippen LogP contribution in [0.25, 0.3) is 5.82 Å². The standard InChI is InChI=1S/C19H17N3O3/c1-12-8-17(14(3)22(12)18-9-13(2)25-21-18)19(23)24-11-16-6-4-15(10-20)5-7-16/h4-9H,11H2,1-3H3. The molecule has 0 aliphatic rings. The van der Waals surface area contributed by atoms with Crippen molar-refractivity contribution in [1.29, 1.82) is 5.26 Å². The smallest absolute Gasteiger partial charge is 0.340 e. The van der Waals surface area contributed by atoms with Crippen LogP contribution in [0.4, 0.5) is 0 Å². The fourth-order valence-corrected chi connectivity index (χ4v) is 2.68. The van der Waals surface area contributed by atoms with Crippen molar-refractivity contribution in [2.24, 2.45) is 0 Å². The number of carbonyl (C=O) groups is 1. The Morgan fingerprint density at radius 1 is 1.24 bits per heavy atom. The first-order valence-electron chi connectivity index (χ1n) is 7.78. The lowest BCUT2D eigenvalue weighted by molar-refractivity contribution is 0.0472. The van der Waals surface area contributed by atoms with Crippen LogP contribution in [0.5, 0.6) is 0 Å². The molecule has 0 atom stereocenters. The Balaban J connectivity index is 1.77. The first-order valence-corrected chi connectivity index (χ1v) is 7.78. The lowest BCUT2D eigenvalue weighted by atomic mass is 10.1. The van der Waals surface area contributed by atoms with Gasteiger partial charge in [-0.05, 0) is 44.5 Å². The molecule has 0 saturated carbocycles. The summed E-state index contributed by atoms with van der Waals surface area (Å²) in [5.74, 6) is 0.940. The molecule has 0 radical (unpaired) electrons. The molecule has 6 nitrogen and oxygen atoms in total. The molecule has 2 aromatic heterocycles. The Labute approximate surface area is 145 Å². The molecule has 2 heterocycles. The van der Waals surface area contributed by atoms with Crippen molar-refractivity contribution < 1.29 is 14.1 Å². The fraction of sp³-hybridized carbons (Fsp3) is 0.211. The van der Waals surface area contributed by atoms with Crippen molar-refractivity contribution in [1.82, 2.24) is 9.72 Å². The van der Waals surface area contributed by atoms with Crippen LogP contribution in [-0.4, -0.2) is 15.7 Å². The van der Waals surface area contributed by atoms with Crippen molar-refractivity contribution in [2.75, 3.05) is 0 Å². The number of nitrogens with zero attached hydrogens (tertiary/aromatic N) is 3. The number of ether oxygens (including phenoxy) is 1. The van der Waals surface area contributed by atoms with Crippen LogP contribution in [0.15, 0.2) is 40.9 Å². The van der Waals surface area contributed by atoms with E-state index in [4.69, 9.17) is 14.5 Å². The average molecular weight is 335 g/mol. The van der Waals surface area contributed by atoms with Gasteiger partial charge in [0, 0.05) is 17.5 Å². The van der Waals surface area contributed by atoms with Gasteiger partial charge >= 0.3 is 5.97 Å². The van der Waals surface area contributed by atoms with Gasteiger partial charge in [-0.1, -0.05) is 17.3 Å². The topological polar surface area (TPSA) is 81.0 Å². The van der Waals surface area contributed by atoms with Gasteiger partial charge in [0.05, 0.1) is 17.2 Å². The lowest BCUT2D eigenvalue weighted by Crippen LogP contribution is -2.07. The minimum Gasteiger partial charge on any atom is -0.457 e. The van der Waals surface area contributed by atoms with Crippen molar-refractivity contribution in [3.8, 4) is 11.9 Å². The SMILES string of the molecule is Cc1cc(-n2c(C)cc(C(=O)OCc3ccc(C#N)cc3)c2C)no1. The zero-order chi connectivity index (χ0) is 18.0. The summed E-state index contributed by atoms with van der Waals surface area (Å²) in [4.78, 5) is 12.4. The van der Waals surface area contributed by atoms with E-state index in [2.05, 4.69) is 11.2 Å². The molecular formula is C19H17N3O3. The molecule has 3 rings (SSSR count). The summed E-state index contributed by atoms with van der Waals surface area (Å²) < 4.78 is 12.4. The van der Waals surface area contributed by atoms with Crippen LogP contribution < -0.4 is 0 Å². The summed E-state index contributed by atoms with van der Waals surface area (Å²) in [6.45, 7) is 5.71. The molecule has 25 heavy (non-hydrogen) atoms. The quantitative estimate of drug-likeness (QED) is 0.680. The molecule has 0 amide bonds. The van der Waals surface area contributed by atoms with E-state index in [0.717, 1.165) is 17.0 Å². The van der Waals surface area contributed by atoms with Gasteiger partial charge in [0.2, 0.25) is 0 Å². The van der Waals surface area contributed by atoms with Gasteiger partial charge in [-0.25, -0.2) is 4.79 Å². The number of rotatable bonds is 4. The third kappa shape index (κ3) is 3.31. The average Bonchev–Trinajstić information content (AvgIpc) is 3.15. The maximum Gasteiger partial charge on any atom is 0.340 e. The molecule has 0 bridgehead atoms. The van der Waals surface area contributed by atoms with Gasteiger partial charge in [0.25, 0.3) is 0 Å². The van der Waals surface area contributed by atoms with Crippen LogP contribution in [0.1, 0.15) is 38.6 Å². The van der Waals surface area contributed by atoms with Gasteiger partial charge in [0.15, 0.2) is 5.82 Å². The Bertz CT molecular complexity index is 959. The Hall–Kier alpha value is -3.33. The summed E-state index contributed by atoms with van der Waals surface area (Å²) in [5, 5.41) is 12.8. The molecule has 126 valence electrons. The highest BCUT2D eigenvalue weighted by Crippen LogP contribution is 2.21. The zero-order valence-corrected chi connectivity index (χ0v) is 14.2. The van der Waals surface area contributed by atoms with Gasteiger partial charge in [0.1, 0.15) is 12.4 Å². The van der Waals surface area contributed by atoms with Crippen LogP contribution in [0, 0.1) is 32.1 Å². The second-order valence-corrected chi connectivity index (χ2v) is 5.80. The first-order chi connectivity index (χ1) is 12.0. The Kier molecular flexibility index (Phi) is 4.40. The minimum absolute atomic E-state index is 0.150. The van der Waals surface area contributed by atoms with Crippen molar-refractivity contribution in [2.45, 2.75) is 27.4 Å². The predicted molar refractivity (Wildman–Crippen MR) is 90.3 cm³/mol. The van der Waals surface area contributed by atoms with Crippen LogP contribution in [0.3, 0.4) is 0 Å². The maximum atomic E-state index is 12.4. The lowest BCUT2D eigenvalue weighted by Gasteiger charge is -2.06. The molecule has 0 aliphatic carbocycles. The molecule has 0 spiro atoms. The van der Waals surface area contributed by atoms with E-state index in [9.17, 15) is 4.79 Å². The number of hydrogen-bond donors (Lipinski definition) is 0. The summed E-state index contributed by atoms with van der Waals surface area (Å²) in [5.41, 5.74) is 3.51. The summed E-state index contributed by atoms with van der Waals surface area (Å²) >= 11 is 0. The molecule has 0 N–H and O–H groups in total. The molecule has 0 unspecified atom stereocenters. The number of aryl methyl sites for hydroxylation is 2. The first kappa shape index (κ1) is 16.5. The van der Waals surface area contributed by atoms with E-state index in [0.29, 0.717) is 22.7 Å². The largest absolute Gasteiger partial charge is 0.457 e. The summed E-state index contributed by atoms with van der Waals surface area (Å²) in [6, 6.07) is 12.6. The van der Waals surface area contributed by atoms with Crippen molar-refractivity contribution in [3.63, 3.8) is 0 Å². The van der Waals surface area contributed by atoms with Crippen molar-refractivity contribution in [3.05, 3.63) is 70.2 Å². The Morgan fingerprint density at radius 3 is 2.56 bits per heavy atom. The van der Waals surface area contributed by atoms with Crippen LogP contribution >= 0.6 is 0 Å². The zero-order valence-electron chi connectivity index (χ0n) is 14.2. The molecular weight excluding hydrogens is 318 g/mol. The number of carbonyl (C=O) groups excluding carboxylic acids is 1. The van der Waals surface area contributed by atoms with Gasteiger partial charge < -0.3 is 9.26 Å². The van der Waals surface area contributed by atoms with Crippen LogP contribution in [-0.2, 0) is 11.3 Å². The third-order valence-electron chi connectivity index (χ3n) is 3.95. The molecule has 0 aliphatic heterocycles. The highest BCUT2D eigenvalue weighted by atomic mass is 16.5. The molecule has 0 fully saturated rings. The third-order valence-corrected chi connectivity index (χ3v) is 3.95. The molecule has 6 heteroatoms. The fourth-order valence-electron chi connectivity index (χ4n) is 2.68. The number of benzene rings is 1. The monoisotopic (exact) mass is 335 g/mol. The number of nitriles is 1. The predicted octanol–water partition coefficient (Wildman–Crippen LogP) is 3.62. The van der Waals surface area contributed by atoms with Gasteiger partial charge in [-0.15, -0.1) is 0 Å². The van der Waals surface area contributed by atoms with E-state index < -0.39 is 5.97 Å². The van der Waals surface area contributed by atoms with E-state index in [1.165, 1.54) is 0 Å². The van der Waals surface area contributed by atoms with E-state index in [-0.39, 0.29) is 6.61 Å². The van der Waals surface area contributed by atoms with E-state index >= 15 is 0 Å². The number of aromatic nitrogens is 2. The van der Waals surface area contributed by atoms with Gasteiger partial charge in [-0.3, -0.25) is 4.57 Å². The second kappa shape index (κ2) is 6.65. The van der Waals surface area contributed by atoms with Crippen LogP contribution in [0.2, 0.25) is 0 Å². The molecule has 0 saturated heterocycles. The highest BCUT2D eigenvalue weighted by Gasteiger charge is 2.19.